The molecule has 3 heteroatoms. The summed E-state index contributed by atoms with van der Waals surface area (Å²) in [5.74, 6) is 0.283. The number of nitrogens with two attached hydrogens (primary N) is 1. The van der Waals surface area contributed by atoms with Crippen LogP contribution in [-0.2, 0) is 11.2 Å². The molecule has 3 N–H and O–H groups in total. The summed E-state index contributed by atoms with van der Waals surface area (Å²) in [4.78, 5) is 0. The van der Waals surface area contributed by atoms with E-state index in [0.717, 1.165) is 12.0 Å². The Hall–Kier alpha value is -1.06. The van der Waals surface area contributed by atoms with E-state index in [0.29, 0.717) is 13.2 Å². The molecule has 0 heterocycles. The topological polar surface area (TPSA) is 55.5 Å². The van der Waals surface area contributed by atoms with Gasteiger partial charge in [0.15, 0.2) is 0 Å². The lowest BCUT2D eigenvalue weighted by Crippen LogP contribution is -2.28. The summed E-state index contributed by atoms with van der Waals surface area (Å²) in [6.07, 6.45) is 0.731. The molecule has 0 saturated heterocycles. The number of rotatable bonds is 5. The Morgan fingerprint density at radius 3 is 2.93 bits per heavy atom. The minimum atomic E-state index is -0.00301. The van der Waals surface area contributed by atoms with Gasteiger partial charge in [-0.1, -0.05) is 12.1 Å². The number of aromatic hydroxyl groups is 1. The number of benzene rings is 1. The minimum Gasteiger partial charge on any atom is -0.508 e. The van der Waals surface area contributed by atoms with Crippen molar-refractivity contribution in [2.75, 3.05) is 13.2 Å². The van der Waals surface area contributed by atoms with E-state index in [-0.39, 0.29) is 11.8 Å². The third-order valence-electron chi connectivity index (χ3n) is 1.94. The van der Waals surface area contributed by atoms with E-state index in [1.54, 1.807) is 12.1 Å². The standard InChI is InChI=1S/C11H17NO2/c1-2-14-8-10(12)6-9-4-3-5-11(13)7-9/h3-5,7,10,13H,2,6,8,12H2,1H3. The molecule has 0 bridgehead atoms. The zero-order valence-electron chi connectivity index (χ0n) is 8.44. The number of hydrogen-bond donors (Lipinski definition) is 2. The van der Waals surface area contributed by atoms with Gasteiger partial charge in [0.2, 0.25) is 0 Å². The highest BCUT2D eigenvalue weighted by Crippen LogP contribution is 2.12. The molecule has 0 aliphatic rings. The molecule has 0 fully saturated rings. The van der Waals surface area contributed by atoms with E-state index in [9.17, 15) is 5.11 Å². The van der Waals surface area contributed by atoms with Gasteiger partial charge in [0.05, 0.1) is 6.61 Å². The van der Waals surface area contributed by atoms with Crippen LogP contribution in [0.1, 0.15) is 12.5 Å². The maximum atomic E-state index is 9.23. The van der Waals surface area contributed by atoms with Gasteiger partial charge in [-0.05, 0) is 31.0 Å². The molecule has 78 valence electrons. The molecule has 3 nitrogen and oxygen atoms in total. The molecular formula is C11H17NO2. The van der Waals surface area contributed by atoms with Crippen LogP contribution in [-0.4, -0.2) is 24.4 Å². The normalized spacial score (nSPS) is 12.7. The van der Waals surface area contributed by atoms with Crippen LogP contribution in [0.15, 0.2) is 24.3 Å². The van der Waals surface area contributed by atoms with Gasteiger partial charge in [0.25, 0.3) is 0 Å². The Labute approximate surface area is 84.5 Å². The predicted molar refractivity (Wildman–Crippen MR) is 56.3 cm³/mol. The largest absolute Gasteiger partial charge is 0.508 e. The SMILES string of the molecule is CCOCC(N)Cc1cccc(O)c1. The average molecular weight is 195 g/mol. The Kier molecular flexibility index (Phi) is 4.43. The molecule has 0 saturated carbocycles. The number of phenolic OH excluding ortho intramolecular Hbond substituents is 1. The van der Waals surface area contributed by atoms with Crippen LogP contribution in [0, 0.1) is 0 Å². The van der Waals surface area contributed by atoms with Crippen LogP contribution < -0.4 is 5.73 Å². The van der Waals surface area contributed by atoms with Gasteiger partial charge in [0.1, 0.15) is 5.75 Å². The monoisotopic (exact) mass is 195 g/mol. The first-order valence-electron chi connectivity index (χ1n) is 4.83. The first kappa shape index (κ1) is 11.0. The van der Waals surface area contributed by atoms with E-state index in [4.69, 9.17) is 10.5 Å². The van der Waals surface area contributed by atoms with Crippen molar-refractivity contribution in [1.29, 1.82) is 0 Å². The van der Waals surface area contributed by atoms with Gasteiger partial charge in [0, 0.05) is 12.6 Å². The second kappa shape index (κ2) is 5.62. The Morgan fingerprint density at radius 2 is 2.29 bits per heavy atom. The summed E-state index contributed by atoms with van der Waals surface area (Å²) in [5, 5.41) is 9.23. The van der Waals surface area contributed by atoms with Gasteiger partial charge < -0.3 is 15.6 Å². The van der Waals surface area contributed by atoms with Gasteiger partial charge in [-0.3, -0.25) is 0 Å². The van der Waals surface area contributed by atoms with Crippen LogP contribution in [0.4, 0.5) is 0 Å². The Bertz CT molecular complexity index is 276. The van der Waals surface area contributed by atoms with Crippen LogP contribution in [0.3, 0.4) is 0 Å². The van der Waals surface area contributed by atoms with E-state index in [2.05, 4.69) is 0 Å². The van der Waals surface area contributed by atoms with Crippen molar-refractivity contribution in [2.24, 2.45) is 5.73 Å². The lowest BCUT2D eigenvalue weighted by molar-refractivity contribution is 0.133. The number of hydrogen-bond acceptors (Lipinski definition) is 3. The van der Waals surface area contributed by atoms with Crippen LogP contribution in [0.5, 0.6) is 5.75 Å². The molecule has 0 amide bonds. The molecule has 1 rings (SSSR count). The van der Waals surface area contributed by atoms with Gasteiger partial charge in [-0.15, -0.1) is 0 Å². The molecule has 0 radical (unpaired) electrons. The first-order valence-corrected chi connectivity index (χ1v) is 4.83. The lowest BCUT2D eigenvalue weighted by atomic mass is 10.1. The zero-order valence-corrected chi connectivity index (χ0v) is 8.44. The first-order chi connectivity index (χ1) is 6.72. The summed E-state index contributed by atoms with van der Waals surface area (Å²) < 4.78 is 5.21. The third kappa shape index (κ3) is 3.77. The van der Waals surface area contributed by atoms with E-state index in [1.165, 1.54) is 0 Å². The van der Waals surface area contributed by atoms with E-state index < -0.39 is 0 Å². The second-order valence-electron chi connectivity index (χ2n) is 3.29. The van der Waals surface area contributed by atoms with E-state index >= 15 is 0 Å². The Morgan fingerprint density at radius 1 is 1.50 bits per heavy atom. The highest BCUT2D eigenvalue weighted by atomic mass is 16.5. The van der Waals surface area contributed by atoms with Crippen LogP contribution >= 0.6 is 0 Å². The summed E-state index contributed by atoms with van der Waals surface area (Å²) >= 11 is 0. The van der Waals surface area contributed by atoms with Crippen molar-refractivity contribution in [1.82, 2.24) is 0 Å². The predicted octanol–water partition coefficient (Wildman–Crippen LogP) is 1.30. The average Bonchev–Trinajstić information content (AvgIpc) is 2.15. The molecule has 0 spiro atoms. The summed E-state index contributed by atoms with van der Waals surface area (Å²) in [5.41, 5.74) is 6.87. The zero-order chi connectivity index (χ0) is 10.4. The number of phenols is 1. The highest BCUT2D eigenvalue weighted by molar-refractivity contribution is 5.27. The molecule has 0 aromatic heterocycles. The fraction of sp³-hybridized carbons (Fsp3) is 0.455. The Balaban J connectivity index is 2.43. The van der Waals surface area contributed by atoms with Crippen molar-refractivity contribution in [3.8, 4) is 5.75 Å². The third-order valence-corrected chi connectivity index (χ3v) is 1.94. The van der Waals surface area contributed by atoms with Crippen LogP contribution in [0.2, 0.25) is 0 Å². The molecule has 1 unspecified atom stereocenters. The number of ether oxygens (including phenoxy) is 1. The minimum absolute atomic E-state index is 0.00301. The fourth-order valence-corrected chi connectivity index (χ4v) is 1.31. The van der Waals surface area contributed by atoms with Crippen LogP contribution in [0.25, 0.3) is 0 Å². The van der Waals surface area contributed by atoms with Gasteiger partial charge in [-0.25, -0.2) is 0 Å². The van der Waals surface area contributed by atoms with Gasteiger partial charge >= 0.3 is 0 Å². The smallest absolute Gasteiger partial charge is 0.115 e. The maximum absolute atomic E-state index is 9.23. The molecule has 1 atom stereocenters. The van der Waals surface area contributed by atoms with Crippen molar-refractivity contribution >= 4 is 0 Å². The fourth-order valence-electron chi connectivity index (χ4n) is 1.31. The molecule has 1 aromatic rings. The molecule has 14 heavy (non-hydrogen) atoms. The quantitative estimate of drug-likeness (QED) is 0.744. The summed E-state index contributed by atoms with van der Waals surface area (Å²) in [7, 11) is 0. The summed E-state index contributed by atoms with van der Waals surface area (Å²) in [6.45, 7) is 3.20. The highest BCUT2D eigenvalue weighted by Gasteiger charge is 2.04. The maximum Gasteiger partial charge on any atom is 0.115 e. The molecule has 0 aliphatic carbocycles. The summed E-state index contributed by atoms with van der Waals surface area (Å²) in [6, 6.07) is 7.14. The van der Waals surface area contributed by atoms with Crippen molar-refractivity contribution < 1.29 is 9.84 Å². The van der Waals surface area contributed by atoms with E-state index in [1.807, 2.05) is 19.1 Å². The van der Waals surface area contributed by atoms with Crippen molar-refractivity contribution in [3.05, 3.63) is 29.8 Å². The lowest BCUT2D eigenvalue weighted by Gasteiger charge is -2.11. The molecule has 1 aromatic carbocycles. The van der Waals surface area contributed by atoms with Crippen molar-refractivity contribution in [2.45, 2.75) is 19.4 Å². The van der Waals surface area contributed by atoms with Crippen molar-refractivity contribution in [3.63, 3.8) is 0 Å². The second-order valence-corrected chi connectivity index (χ2v) is 3.29. The molecular weight excluding hydrogens is 178 g/mol. The molecule has 0 aliphatic heterocycles. The van der Waals surface area contributed by atoms with Gasteiger partial charge in [-0.2, -0.15) is 0 Å².